The minimum Gasteiger partial charge on any atom is -0.356 e. The van der Waals surface area contributed by atoms with Crippen LogP contribution in [0.25, 0.3) is 0 Å². The summed E-state index contributed by atoms with van der Waals surface area (Å²) in [4.78, 5) is 4.21. The van der Waals surface area contributed by atoms with E-state index in [1.165, 1.54) is 25.7 Å². The molecule has 0 radical (unpaired) electrons. The molecular weight excluding hydrogens is 496 g/mol. The van der Waals surface area contributed by atoms with E-state index in [1.807, 2.05) is 0 Å². The maximum absolute atomic E-state index is 12.6. The molecule has 0 unspecified atom stereocenters. The number of guanidine groups is 1. The summed E-state index contributed by atoms with van der Waals surface area (Å²) in [6.45, 7) is 1.31. The summed E-state index contributed by atoms with van der Waals surface area (Å²) in [5.74, 6) is 1.70. The molecule has 6 nitrogen and oxygen atoms in total. The second kappa shape index (κ2) is 8.60. The Balaban J connectivity index is 0.00000261. The molecule has 11 heteroatoms. The molecular formula is C16H28F3IN4O2S. The van der Waals surface area contributed by atoms with E-state index >= 15 is 0 Å². The molecule has 1 saturated heterocycles. The average Bonchev–Trinajstić information content (AvgIpc) is 3.46. The summed E-state index contributed by atoms with van der Waals surface area (Å²) in [5.41, 5.74) is -4.76. The SMILES string of the molecule is CN=C(NCC1CCN(S(=O)(=O)C(F)(F)F)CC1)NCC1(C2CC2)CC1.I. The van der Waals surface area contributed by atoms with E-state index in [4.69, 9.17) is 0 Å². The van der Waals surface area contributed by atoms with Crippen LogP contribution < -0.4 is 10.6 Å². The summed E-state index contributed by atoms with van der Waals surface area (Å²) in [6.07, 6.45) is 6.01. The lowest BCUT2D eigenvalue weighted by atomic mass is 9.98. The number of hydrogen-bond acceptors (Lipinski definition) is 3. The number of aliphatic imine (C=N–C) groups is 1. The van der Waals surface area contributed by atoms with E-state index in [0.29, 0.717) is 35.1 Å². The highest BCUT2D eigenvalue weighted by molar-refractivity contribution is 14.0. The second-order valence-corrected chi connectivity index (χ2v) is 9.67. The van der Waals surface area contributed by atoms with Crippen molar-refractivity contribution in [3.8, 4) is 0 Å². The van der Waals surface area contributed by atoms with Gasteiger partial charge in [0.15, 0.2) is 5.96 Å². The fraction of sp³-hybridized carbons (Fsp3) is 0.938. The van der Waals surface area contributed by atoms with Gasteiger partial charge in [0.25, 0.3) is 0 Å². The summed E-state index contributed by atoms with van der Waals surface area (Å²) >= 11 is 0. The molecule has 2 saturated carbocycles. The van der Waals surface area contributed by atoms with Crippen LogP contribution in [0.3, 0.4) is 0 Å². The molecule has 0 spiro atoms. The van der Waals surface area contributed by atoms with E-state index in [1.54, 1.807) is 7.05 Å². The molecule has 3 rings (SSSR count). The van der Waals surface area contributed by atoms with Crippen LogP contribution in [-0.4, -0.2) is 57.4 Å². The van der Waals surface area contributed by atoms with E-state index in [2.05, 4.69) is 15.6 Å². The Labute approximate surface area is 175 Å². The van der Waals surface area contributed by atoms with E-state index in [-0.39, 0.29) is 43.0 Å². The molecule has 3 aliphatic rings. The highest BCUT2D eigenvalue weighted by Crippen LogP contribution is 2.60. The molecule has 3 fully saturated rings. The van der Waals surface area contributed by atoms with E-state index in [0.717, 1.165) is 12.5 Å². The summed E-state index contributed by atoms with van der Waals surface area (Å²) in [6, 6.07) is 0. The van der Waals surface area contributed by atoms with Crippen LogP contribution in [0, 0.1) is 17.3 Å². The monoisotopic (exact) mass is 524 g/mol. The van der Waals surface area contributed by atoms with Crippen molar-refractivity contribution in [2.24, 2.45) is 22.2 Å². The number of alkyl halides is 3. The fourth-order valence-electron chi connectivity index (χ4n) is 3.81. The van der Waals surface area contributed by atoms with Gasteiger partial charge in [-0.3, -0.25) is 4.99 Å². The van der Waals surface area contributed by atoms with Crippen molar-refractivity contribution >= 4 is 40.0 Å². The molecule has 0 amide bonds. The van der Waals surface area contributed by atoms with Crippen LogP contribution in [0.2, 0.25) is 0 Å². The lowest BCUT2D eigenvalue weighted by molar-refractivity contribution is -0.0496. The highest BCUT2D eigenvalue weighted by atomic mass is 127. The third-order valence-electron chi connectivity index (χ3n) is 5.93. The van der Waals surface area contributed by atoms with Gasteiger partial charge in [-0.1, -0.05) is 0 Å². The Hall–Kier alpha value is -0.300. The number of rotatable bonds is 6. The summed E-state index contributed by atoms with van der Waals surface area (Å²) in [7, 11) is -3.50. The maximum Gasteiger partial charge on any atom is 0.511 e. The molecule has 0 bridgehead atoms. The Morgan fingerprint density at radius 1 is 1.15 bits per heavy atom. The predicted molar refractivity (Wildman–Crippen MR) is 108 cm³/mol. The van der Waals surface area contributed by atoms with Gasteiger partial charge in [0.05, 0.1) is 0 Å². The van der Waals surface area contributed by atoms with Gasteiger partial charge in [0, 0.05) is 33.2 Å². The highest BCUT2D eigenvalue weighted by Gasteiger charge is 2.53. The number of halogens is 4. The normalized spacial score (nSPS) is 24.2. The van der Waals surface area contributed by atoms with Crippen molar-refractivity contribution in [1.82, 2.24) is 14.9 Å². The number of nitrogens with zero attached hydrogens (tertiary/aromatic N) is 2. The van der Waals surface area contributed by atoms with Gasteiger partial charge in [-0.15, -0.1) is 24.0 Å². The molecule has 0 aromatic rings. The average molecular weight is 524 g/mol. The molecule has 1 heterocycles. The Kier molecular flexibility index (Phi) is 7.32. The lowest BCUT2D eigenvalue weighted by Crippen LogP contribution is -2.47. The topological polar surface area (TPSA) is 73.8 Å². The zero-order valence-electron chi connectivity index (χ0n) is 15.4. The van der Waals surface area contributed by atoms with Crippen LogP contribution in [0.5, 0.6) is 0 Å². The summed E-state index contributed by atoms with van der Waals surface area (Å²) < 4.78 is 61.2. The van der Waals surface area contributed by atoms with Gasteiger partial charge in [-0.2, -0.15) is 17.5 Å². The minimum atomic E-state index is -5.22. The molecule has 2 aliphatic carbocycles. The lowest BCUT2D eigenvalue weighted by Gasteiger charge is -2.31. The third-order valence-corrected chi connectivity index (χ3v) is 7.56. The number of nitrogens with one attached hydrogen (secondary N) is 2. The van der Waals surface area contributed by atoms with E-state index in [9.17, 15) is 21.6 Å². The van der Waals surface area contributed by atoms with Gasteiger partial charge in [0.1, 0.15) is 0 Å². The van der Waals surface area contributed by atoms with Gasteiger partial charge < -0.3 is 10.6 Å². The van der Waals surface area contributed by atoms with Crippen molar-refractivity contribution in [3.63, 3.8) is 0 Å². The Bertz CT molecular complexity index is 641. The van der Waals surface area contributed by atoms with Gasteiger partial charge in [-0.25, -0.2) is 8.42 Å². The smallest absolute Gasteiger partial charge is 0.356 e. The van der Waals surface area contributed by atoms with Crippen molar-refractivity contribution in [2.45, 2.75) is 44.0 Å². The molecule has 2 N–H and O–H groups in total. The quantitative estimate of drug-likeness (QED) is 0.318. The largest absolute Gasteiger partial charge is 0.511 e. The van der Waals surface area contributed by atoms with Gasteiger partial charge in [-0.05, 0) is 55.8 Å². The van der Waals surface area contributed by atoms with Crippen molar-refractivity contribution in [3.05, 3.63) is 0 Å². The molecule has 0 atom stereocenters. The van der Waals surface area contributed by atoms with Gasteiger partial charge in [0.2, 0.25) is 0 Å². The zero-order chi connectivity index (χ0) is 19.0. The standard InChI is InChI=1S/C16H27F3N4O2S.HI/c1-20-14(22-11-15(6-7-15)13-2-3-13)21-10-12-4-8-23(9-5-12)26(24,25)16(17,18)19;/h12-13H,2-11H2,1H3,(H2,20,21,22);1H. The molecule has 0 aromatic heterocycles. The number of piperidine rings is 1. The van der Waals surface area contributed by atoms with Gasteiger partial charge >= 0.3 is 15.5 Å². The molecule has 1 aliphatic heterocycles. The number of hydrogen-bond donors (Lipinski definition) is 2. The van der Waals surface area contributed by atoms with E-state index < -0.39 is 15.5 Å². The zero-order valence-corrected chi connectivity index (χ0v) is 18.5. The first kappa shape index (κ1) is 23.0. The first-order chi connectivity index (χ1) is 12.2. The molecule has 0 aromatic carbocycles. The first-order valence-corrected chi connectivity index (χ1v) is 10.6. The van der Waals surface area contributed by atoms with Crippen LogP contribution in [0.1, 0.15) is 38.5 Å². The third kappa shape index (κ3) is 5.40. The van der Waals surface area contributed by atoms with Crippen LogP contribution in [0.4, 0.5) is 13.2 Å². The fourth-order valence-corrected chi connectivity index (χ4v) is 4.79. The Morgan fingerprint density at radius 2 is 1.74 bits per heavy atom. The Morgan fingerprint density at radius 3 is 2.19 bits per heavy atom. The van der Waals surface area contributed by atoms with Crippen molar-refractivity contribution in [1.29, 1.82) is 0 Å². The van der Waals surface area contributed by atoms with Crippen molar-refractivity contribution in [2.75, 3.05) is 33.2 Å². The van der Waals surface area contributed by atoms with Crippen LogP contribution in [0.15, 0.2) is 4.99 Å². The second-order valence-electron chi connectivity index (χ2n) is 7.74. The molecule has 27 heavy (non-hydrogen) atoms. The van der Waals surface area contributed by atoms with Crippen LogP contribution in [-0.2, 0) is 10.0 Å². The molecule has 158 valence electrons. The summed E-state index contributed by atoms with van der Waals surface area (Å²) in [5, 5.41) is 6.60. The predicted octanol–water partition coefficient (Wildman–Crippen LogP) is 2.52. The van der Waals surface area contributed by atoms with Crippen LogP contribution >= 0.6 is 24.0 Å². The van der Waals surface area contributed by atoms with Crippen molar-refractivity contribution < 1.29 is 21.6 Å². The number of sulfonamides is 1. The minimum absolute atomic E-state index is 0. The first-order valence-electron chi connectivity index (χ1n) is 9.19. The maximum atomic E-state index is 12.6.